The van der Waals surface area contributed by atoms with Gasteiger partial charge in [0.2, 0.25) is 0 Å². The number of nitrogens with zero attached hydrogens (tertiary/aromatic N) is 4. The number of anilines is 1. The van der Waals surface area contributed by atoms with E-state index in [1.807, 2.05) is 24.0 Å². The van der Waals surface area contributed by atoms with Crippen LogP contribution in [-0.2, 0) is 0 Å². The topological polar surface area (TPSA) is 104 Å². The second-order valence-corrected chi connectivity index (χ2v) is 9.15. The number of nitrogens with one attached hydrogen (secondary N) is 3. The van der Waals surface area contributed by atoms with Gasteiger partial charge in [0.25, 0.3) is 11.8 Å². The van der Waals surface area contributed by atoms with Crippen LogP contribution in [0.3, 0.4) is 0 Å². The van der Waals surface area contributed by atoms with Crippen molar-refractivity contribution in [2.45, 2.75) is 44.6 Å². The van der Waals surface area contributed by atoms with Crippen LogP contribution in [0.4, 0.5) is 5.69 Å². The lowest BCUT2D eigenvalue weighted by Gasteiger charge is -2.22. The second kappa shape index (κ2) is 11.8. The maximum absolute atomic E-state index is 13.2. The SMILES string of the molecule is C=C/C1=C\N(C)CCCCCCNC(=O)c2nn(C3CCNCC3)cc2NC(=O)c2cccc1n2. The van der Waals surface area contributed by atoms with Crippen molar-refractivity contribution in [2.75, 3.05) is 38.5 Å². The summed E-state index contributed by atoms with van der Waals surface area (Å²) < 4.78 is 1.83. The van der Waals surface area contributed by atoms with Crippen LogP contribution in [0.1, 0.15) is 71.2 Å². The van der Waals surface area contributed by atoms with Gasteiger partial charge in [-0.2, -0.15) is 5.10 Å². The zero-order valence-corrected chi connectivity index (χ0v) is 20.4. The van der Waals surface area contributed by atoms with Gasteiger partial charge < -0.3 is 20.9 Å². The minimum atomic E-state index is -0.386. The summed E-state index contributed by atoms with van der Waals surface area (Å²) in [6.45, 7) is 7.22. The van der Waals surface area contributed by atoms with Crippen molar-refractivity contribution in [3.63, 3.8) is 0 Å². The molecule has 2 aromatic heterocycles. The van der Waals surface area contributed by atoms with E-state index in [0.717, 1.165) is 63.7 Å². The number of piperidine rings is 1. The summed E-state index contributed by atoms with van der Waals surface area (Å²) in [6.07, 6.45) is 11.4. The largest absolute Gasteiger partial charge is 0.380 e. The highest BCUT2D eigenvalue weighted by atomic mass is 16.2. The smallest absolute Gasteiger partial charge is 0.274 e. The van der Waals surface area contributed by atoms with Crippen LogP contribution in [0.2, 0.25) is 0 Å². The van der Waals surface area contributed by atoms with Crippen LogP contribution in [0.5, 0.6) is 0 Å². The zero-order valence-electron chi connectivity index (χ0n) is 20.4. The summed E-state index contributed by atoms with van der Waals surface area (Å²) in [6, 6.07) is 5.52. The van der Waals surface area contributed by atoms with Gasteiger partial charge in [0.15, 0.2) is 5.69 Å². The summed E-state index contributed by atoms with van der Waals surface area (Å²) in [5.74, 6) is -0.656. The van der Waals surface area contributed by atoms with Gasteiger partial charge >= 0.3 is 0 Å². The fourth-order valence-electron chi connectivity index (χ4n) is 4.47. The average molecular weight is 478 g/mol. The molecular weight excluding hydrogens is 442 g/mol. The van der Waals surface area contributed by atoms with Crippen molar-refractivity contribution in [1.82, 2.24) is 30.3 Å². The number of carbonyl (C=O) groups excluding carboxylic acids is 2. The van der Waals surface area contributed by atoms with Crippen molar-refractivity contribution < 1.29 is 9.59 Å². The number of allylic oxidation sites excluding steroid dienone is 2. The van der Waals surface area contributed by atoms with E-state index in [2.05, 4.69) is 37.5 Å². The highest BCUT2D eigenvalue weighted by molar-refractivity contribution is 6.07. The van der Waals surface area contributed by atoms with E-state index in [-0.39, 0.29) is 29.2 Å². The van der Waals surface area contributed by atoms with Crippen molar-refractivity contribution in [3.8, 4) is 0 Å². The van der Waals surface area contributed by atoms with Crippen molar-refractivity contribution in [1.29, 1.82) is 0 Å². The molecule has 35 heavy (non-hydrogen) atoms. The predicted octanol–water partition coefficient (Wildman–Crippen LogP) is 3.22. The molecule has 0 radical (unpaired) electrons. The first kappa shape index (κ1) is 24.7. The van der Waals surface area contributed by atoms with E-state index in [9.17, 15) is 9.59 Å². The van der Waals surface area contributed by atoms with E-state index < -0.39 is 0 Å². The van der Waals surface area contributed by atoms with E-state index in [4.69, 9.17) is 0 Å². The molecule has 0 unspecified atom stereocenters. The summed E-state index contributed by atoms with van der Waals surface area (Å²) in [5, 5.41) is 13.8. The minimum Gasteiger partial charge on any atom is -0.380 e. The highest BCUT2D eigenvalue weighted by Gasteiger charge is 2.24. The second-order valence-electron chi connectivity index (χ2n) is 9.15. The zero-order chi connectivity index (χ0) is 24.6. The number of fused-ring (bicyclic) bond motifs is 3. The maximum Gasteiger partial charge on any atom is 0.274 e. The minimum absolute atomic E-state index is 0.189. The first-order valence-electron chi connectivity index (χ1n) is 12.5. The van der Waals surface area contributed by atoms with Gasteiger partial charge in [-0.3, -0.25) is 14.3 Å². The Hall–Kier alpha value is -3.46. The van der Waals surface area contributed by atoms with Crippen molar-refractivity contribution >= 4 is 23.1 Å². The molecule has 0 aliphatic carbocycles. The number of carbonyl (C=O) groups is 2. The van der Waals surface area contributed by atoms with Crippen LogP contribution in [0.15, 0.2) is 43.3 Å². The van der Waals surface area contributed by atoms with Crippen LogP contribution < -0.4 is 16.0 Å². The number of amides is 2. The molecule has 0 saturated carbocycles. The molecule has 4 heterocycles. The summed E-state index contributed by atoms with van der Waals surface area (Å²) in [5.41, 5.74) is 2.42. The number of hydrogen-bond acceptors (Lipinski definition) is 6. The van der Waals surface area contributed by atoms with E-state index in [1.54, 1.807) is 24.4 Å². The summed E-state index contributed by atoms with van der Waals surface area (Å²) >= 11 is 0. The quantitative estimate of drug-likeness (QED) is 0.614. The molecule has 4 rings (SSSR count). The molecule has 1 saturated heterocycles. The first-order chi connectivity index (χ1) is 17.0. The van der Waals surface area contributed by atoms with Gasteiger partial charge in [-0.25, -0.2) is 4.98 Å². The predicted molar refractivity (Wildman–Crippen MR) is 137 cm³/mol. The molecule has 1 fully saturated rings. The Morgan fingerprint density at radius 3 is 2.60 bits per heavy atom. The van der Waals surface area contributed by atoms with Crippen molar-refractivity contribution in [3.05, 3.63) is 60.3 Å². The van der Waals surface area contributed by atoms with Gasteiger partial charge in [-0.05, 0) is 50.9 Å². The lowest BCUT2D eigenvalue weighted by Crippen LogP contribution is -2.30. The number of aromatic nitrogens is 3. The Bertz CT molecular complexity index is 1090. The fraction of sp³-hybridized carbons (Fsp3) is 0.462. The van der Waals surface area contributed by atoms with E-state index in [1.165, 1.54) is 0 Å². The third-order valence-electron chi connectivity index (χ3n) is 6.46. The monoisotopic (exact) mass is 477 g/mol. The van der Waals surface area contributed by atoms with Crippen molar-refractivity contribution in [2.24, 2.45) is 0 Å². The Morgan fingerprint density at radius 2 is 1.80 bits per heavy atom. The molecular formula is C26H35N7O2. The molecule has 3 N–H and O–H groups in total. The van der Waals surface area contributed by atoms with Gasteiger partial charge in [-0.1, -0.05) is 31.6 Å². The van der Waals surface area contributed by atoms with E-state index in [0.29, 0.717) is 17.9 Å². The molecule has 9 nitrogen and oxygen atoms in total. The standard InChI is InChI=1S/C26H35N7O2/c1-3-19-17-32(2)16-7-5-4-6-13-28-26(35)24-23(18-33(31-24)20-11-14-27-15-12-20)30-25(34)22-10-8-9-21(19)29-22/h3,8-10,17-18,20,27H,1,4-7,11-16H2,2H3,(H,28,35)(H,30,34)/b19-17+. The Balaban J connectivity index is 1.66. The van der Waals surface area contributed by atoms with Crippen LogP contribution in [-0.4, -0.2) is 64.7 Å². The molecule has 2 amide bonds. The normalized spacial score (nSPS) is 20.5. The van der Waals surface area contributed by atoms with Gasteiger partial charge in [0, 0.05) is 38.1 Å². The van der Waals surface area contributed by atoms with Crippen LogP contribution in [0, 0.1) is 0 Å². The Labute approximate surface area is 206 Å². The molecule has 2 aliphatic heterocycles. The molecule has 2 aromatic rings. The first-order valence-corrected chi connectivity index (χ1v) is 12.5. The lowest BCUT2D eigenvalue weighted by molar-refractivity contribution is 0.0947. The fourth-order valence-corrected chi connectivity index (χ4v) is 4.47. The van der Waals surface area contributed by atoms with Crippen LogP contribution >= 0.6 is 0 Å². The number of rotatable bonds is 2. The summed E-state index contributed by atoms with van der Waals surface area (Å²) in [7, 11) is 2.03. The molecule has 186 valence electrons. The molecule has 0 aromatic carbocycles. The lowest BCUT2D eigenvalue weighted by atomic mass is 10.1. The van der Waals surface area contributed by atoms with E-state index >= 15 is 0 Å². The van der Waals surface area contributed by atoms with Gasteiger partial charge in [0.1, 0.15) is 5.69 Å². The molecule has 0 spiro atoms. The third-order valence-corrected chi connectivity index (χ3v) is 6.46. The van der Waals surface area contributed by atoms with Gasteiger partial charge in [-0.15, -0.1) is 0 Å². The number of hydrogen-bond donors (Lipinski definition) is 3. The molecule has 2 bridgehead atoms. The van der Waals surface area contributed by atoms with Crippen LogP contribution in [0.25, 0.3) is 5.57 Å². The van der Waals surface area contributed by atoms with Gasteiger partial charge in [0.05, 0.1) is 17.4 Å². The molecule has 2 aliphatic rings. The average Bonchev–Trinajstić information content (AvgIpc) is 3.30. The number of pyridine rings is 1. The summed E-state index contributed by atoms with van der Waals surface area (Å²) in [4.78, 5) is 32.9. The third kappa shape index (κ3) is 6.36. The Kier molecular flexibility index (Phi) is 8.31. The molecule has 9 heteroatoms. The highest BCUT2D eigenvalue weighted by Crippen LogP contribution is 2.23. The Morgan fingerprint density at radius 1 is 1.03 bits per heavy atom. The molecule has 0 atom stereocenters. The maximum atomic E-state index is 13.2.